The first kappa shape index (κ1) is 27.2. The molecule has 4 rings (SSSR count). The summed E-state index contributed by atoms with van der Waals surface area (Å²) in [5.74, 6) is -2.37. The molecule has 0 radical (unpaired) electrons. The predicted octanol–water partition coefficient (Wildman–Crippen LogP) is 6.25. The second-order valence-corrected chi connectivity index (χ2v) is 9.32. The minimum atomic E-state index is -0.730. The zero-order valence-corrected chi connectivity index (χ0v) is 22.2. The van der Waals surface area contributed by atoms with E-state index < -0.39 is 23.7 Å². The highest BCUT2D eigenvalue weighted by atomic mass is 35.5. The number of imide groups is 1. The number of ether oxygens (including phenoxy) is 1. The normalized spacial score (nSPS) is 13.1. The van der Waals surface area contributed by atoms with Crippen molar-refractivity contribution in [2.24, 2.45) is 0 Å². The molecule has 0 unspecified atom stereocenters. The average molecular weight is 573 g/mol. The van der Waals surface area contributed by atoms with E-state index in [9.17, 15) is 19.2 Å². The van der Waals surface area contributed by atoms with Gasteiger partial charge in [-0.25, -0.2) is 9.69 Å². The third-order valence-corrected chi connectivity index (χ3v) is 6.30. The number of esters is 1. The highest BCUT2D eigenvalue weighted by Gasteiger charge is 2.39. The summed E-state index contributed by atoms with van der Waals surface area (Å²) in [5.41, 5.74) is 1.36. The standard InChI is InChI=1S/C27H20Cl3N3O5/c1-2-12-38-27(37)15-6-9-19(10-7-15)33-25(35)22(30)23(26(33)36)31-18-5-3-4-16(13-18)24(34)32-21-11-8-17(28)14-20(21)29/h3-11,13-14,31H,2,12H2,1H3,(H,32,34). The van der Waals surface area contributed by atoms with Crippen LogP contribution in [0.3, 0.4) is 0 Å². The van der Waals surface area contributed by atoms with Crippen LogP contribution in [0.4, 0.5) is 17.1 Å². The Morgan fingerprint density at radius 1 is 0.895 bits per heavy atom. The molecule has 1 heterocycles. The Bertz CT molecular complexity index is 1470. The van der Waals surface area contributed by atoms with E-state index in [1.807, 2.05) is 6.92 Å². The molecule has 0 atom stereocenters. The van der Waals surface area contributed by atoms with Crippen LogP contribution in [0, 0.1) is 0 Å². The quantitative estimate of drug-likeness (QED) is 0.244. The van der Waals surface area contributed by atoms with Crippen LogP contribution in [0.15, 0.2) is 77.5 Å². The molecule has 0 bridgehead atoms. The zero-order chi connectivity index (χ0) is 27.4. The van der Waals surface area contributed by atoms with Gasteiger partial charge in [-0.05, 0) is 67.1 Å². The Morgan fingerprint density at radius 2 is 1.63 bits per heavy atom. The lowest BCUT2D eigenvalue weighted by Crippen LogP contribution is -2.32. The van der Waals surface area contributed by atoms with Crippen LogP contribution in [0.5, 0.6) is 0 Å². The van der Waals surface area contributed by atoms with Crippen LogP contribution in [-0.4, -0.2) is 30.3 Å². The van der Waals surface area contributed by atoms with Gasteiger partial charge in [0.15, 0.2) is 0 Å². The number of carbonyl (C=O) groups is 4. The molecule has 3 amide bonds. The van der Waals surface area contributed by atoms with Gasteiger partial charge in [0.2, 0.25) is 0 Å². The monoisotopic (exact) mass is 571 g/mol. The Morgan fingerprint density at radius 3 is 2.32 bits per heavy atom. The maximum atomic E-state index is 13.1. The number of rotatable bonds is 8. The van der Waals surface area contributed by atoms with Gasteiger partial charge in [-0.2, -0.15) is 0 Å². The molecule has 3 aromatic carbocycles. The molecule has 0 saturated carbocycles. The van der Waals surface area contributed by atoms with Crippen LogP contribution in [0.2, 0.25) is 10.0 Å². The maximum absolute atomic E-state index is 13.1. The van der Waals surface area contributed by atoms with Gasteiger partial charge in [0.1, 0.15) is 10.7 Å². The Hall–Kier alpha value is -3.85. The van der Waals surface area contributed by atoms with Crippen molar-refractivity contribution in [3.63, 3.8) is 0 Å². The van der Waals surface area contributed by atoms with E-state index >= 15 is 0 Å². The van der Waals surface area contributed by atoms with Crippen molar-refractivity contribution < 1.29 is 23.9 Å². The summed E-state index contributed by atoms with van der Waals surface area (Å²) in [6.07, 6.45) is 0.685. The predicted molar refractivity (Wildman–Crippen MR) is 147 cm³/mol. The maximum Gasteiger partial charge on any atom is 0.338 e. The lowest BCUT2D eigenvalue weighted by atomic mass is 10.1. The molecular weight excluding hydrogens is 553 g/mol. The summed E-state index contributed by atoms with van der Waals surface area (Å²) in [4.78, 5) is 51.6. The van der Waals surface area contributed by atoms with Gasteiger partial charge >= 0.3 is 5.97 Å². The second-order valence-electron chi connectivity index (χ2n) is 8.10. The minimum Gasteiger partial charge on any atom is -0.462 e. The number of nitrogens with zero attached hydrogens (tertiary/aromatic N) is 1. The molecular formula is C27H20Cl3N3O5. The van der Waals surface area contributed by atoms with Gasteiger partial charge in [0.05, 0.1) is 28.6 Å². The van der Waals surface area contributed by atoms with E-state index in [4.69, 9.17) is 39.5 Å². The molecule has 0 aliphatic carbocycles. The van der Waals surface area contributed by atoms with Crippen molar-refractivity contribution in [2.75, 3.05) is 22.1 Å². The Labute approximate surface area is 233 Å². The van der Waals surface area contributed by atoms with Crippen LogP contribution >= 0.6 is 34.8 Å². The topological polar surface area (TPSA) is 105 Å². The molecule has 194 valence electrons. The summed E-state index contributed by atoms with van der Waals surface area (Å²) in [6, 6.07) is 16.8. The SMILES string of the molecule is CCCOC(=O)c1ccc(N2C(=O)C(Cl)=C(Nc3cccc(C(=O)Nc4ccc(Cl)cc4Cl)c3)C2=O)cc1. The largest absolute Gasteiger partial charge is 0.462 e. The molecule has 0 spiro atoms. The molecule has 0 aromatic heterocycles. The number of amides is 3. The molecule has 8 nitrogen and oxygen atoms in total. The van der Waals surface area contributed by atoms with E-state index in [2.05, 4.69) is 10.6 Å². The fraction of sp³-hybridized carbons (Fsp3) is 0.111. The van der Waals surface area contributed by atoms with Crippen LogP contribution in [-0.2, 0) is 14.3 Å². The zero-order valence-electron chi connectivity index (χ0n) is 19.9. The highest BCUT2D eigenvalue weighted by molar-refractivity contribution is 6.53. The number of carbonyl (C=O) groups excluding carboxylic acids is 4. The van der Waals surface area contributed by atoms with Crippen molar-refractivity contribution in [3.8, 4) is 0 Å². The minimum absolute atomic E-state index is 0.151. The van der Waals surface area contributed by atoms with Gasteiger partial charge in [0, 0.05) is 16.3 Å². The van der Waals surface area contributed by atoms with Gasteiger partial charge in [0.25, 0.3) is 17.7 Å². The van der Waals surface area contributed by atoms with Crippen LogP contribution < -0.4 is 15.5 Å². The molecule has 2 N–H and O–H groups in total. The molecule has 0 fully saturated rings. The Kier molecular flexibility index (Phi) is 8.36. The van der Waals surface area contributed by atoms with Crippen molar-refractivity contribution in [1.82, 2.24) is 0 Å². The smallest absolute Gasteiger partial charge is 0.338 e. The van der Waals surface area contributed by atoms with Gasteiger partial charge in [-0.15, -0.1) is 0 Å². The Balaban J connectivity index is 1.49. The lowest BCUT2D eigenvalue weighted by Gasteiger charge is -2.15. The van der Waals surface area contributed by atoms with Crippen molar-refractivity contribution in [2.45, 2.75) is 13.3 Å². The molecule has 0 saturated heterocycles. The average Bonchev–Trinajstić information content (AvgIpc) is 3.12. The van der Waals surface area contributed by atoms with E-state index in [0.29, 0.717) is 22.8 Å². The summed E-state index contributed by atoms with van der Waals surface area (Å²) < 4.78 is 5.09. The molecule has 1 aliphatic rings. The lowest BCUT2D eigenvalue weighted by molar-refractivity contribution is -0.120. The first-order valence-corrected chi connectivity index (χ1v) is 12.5. The van der Waals surface area contributed by atoms with Crippen LogP contribution in [0.25, 0.3) is 0 Å². The highest BCUT2D eigenvalue weighted by Crippen LogP contribution is 2.31. The summed E-state index contributed by atoms with van der Waals surface area (Å²) in [7, 11) is 0. The van der Waals surface area contributed by atoms with Gasteiger partial charge in [-0.1, -0.05) is 47.8 Å². The number of anilines is 3. The first-order valence-electron chi connectivity index (χ1n) is 11.4. The molecule has 1 aliphatic heterocycles. The van der Waals surface area contributed by atoms with E-state index in [1.54, 1.807) is 30.3 Å². The van der Waals surface area contributed by atoms with E-state index in [0.717, 1.165) is 4.90 Å². The first-order chi connectivity index (χ1) is 18.2. The summed E-state index contributed by atoms with van der Waals surface area (Å²) >= 11 is 18.3. The fourth-order valence-electron chi connectivity index (χ4n) is 3.54. The van der Waals surface area contributed by atoms with E-state index in [1.165, 1.54) is 36.4 Å². The third-order valence-electron chi connectivity index (χ3n) is 5.40. The molecule has 3 aromatic rings. The number of hydrogen-bond donors (Lipinski definition) is 2. The number of hydrogen-bond acceptors (Lipinski definition) is 6. The number of halogens is 3. The fourth-order valence-corrected chi connectivity index (χ4v) is 4.21. The van der Waals surface area contributed by atoms with Crippen molar-refractivity contribution in [1.29, 1.82) is 0 Å². The van der Waals surface area contributed by atoms with Crippen molar-refractivity contribution >= 4 is 75.6 Å². The summed E-state index contributed by atoms with van der Waals surface area (Å²) in [6.45, 7) is 2.17. The second kappa shape index (κ2) is 11.7. The third kappa shape index (κ3) is 5.83. The van der Waals surface area contributed by atoms with Crippen LogP contribution in [0.1, 0.15) is 34.1 Å². The molecule has 38 heavy (non-hydrogen) atoms. The summed E-state index contributed by atoms with van der Waals surface area (Å²) in [5, 5.41) is 5.92. The number of nitrogens with one attached hydrogen (secondary N) is 2. The van der Waals surface area contributed by atoms with E-state index in [-0.39, 0.29) is 39.2 Å². The van der Waals surface area contributed by atoms with Crippen molar-refractivity contribution in [3.05, 3.63) is 98.6 Å². The van der Waals surface area contributed by atoms with Gasteiger partial charge in [-0.3, -0.25) is 14.4 Å². The molecule has 11 heteroatoms. The van der Waals surface area contributed by atoms with Gasteiger partial charge < -0.3 is 15.4 Å². The number of benzene rings is 3.